The third kappa shape index (κ3) is 3.58. The van der Waals surface area contributed by atoms with Gasteiger partial charge in [-0.2, -0.15) is 0 Å². The van der Waals surface area contributed by atoms with Crippen molar-refractivity contribution in [1.29, 1.82) is 0 Å². The molecule has 21 heavy (non-hydrogen) atoms. The number of cyclic esters (lactones) is 1. The predicted octanol–water partition coefficient (Wildman–Crippen LogP) is 3.48. The van der Waals surface area contributed by atoms with Crippen LogP contribution in [0.15, 0.2) is 0 Å². The van der Waals surface area contributed by atoms with Gasteiger partial charge in [0, 0.05) is 0 Å². The van der Waals surface area contributed by atoms with Gasteiger partial charge >= 0.3 is 11.9 Å². The third-order valence-corrected chi connectivity index (χ3v) is 5.13. The molecule has 1 heterocycles. The molecule has 4 heteroatoms. The second-order valence-corrected chi connectivity index (χ2v) is 7.13. The third-order valence-electron chi connectivity index (χ3n) is 5.13. The number of rotatable bonds is 3. The molecule has 1 saturated carbocycles. The Bertz CT molecular complexity index is 398. The van der Waals surface area contributed by atoms with Gasteiger partial charge in [0.05, 0.1) is 0 Å². The lowest BCUT2D eigenvalue weighted by Crippen LogP contribution is -2.38. The van der Waals surface area contributed by atoms with Gasteiger partial charge in [-0.3, -0.25) is 9.59 Å². The van der Waals surface area contributed by atoms with Crippen LogP contribution in [-0.4, -0.2) is 23.6 Å². The van der Waals surface area contributed by atoms with Crippen LogP contribution in [0.5, 0.6) is 0 Å². The Morgan fingerprint density at radius 3 is 2.48 bits per heavy atom. The van der Waals surface area contributed by atoms with E-state index in [1.807, 2.05) is 20.8 Å². The van der Waals surface area contributed by atoms with E-state index in [0.717, 1.165) is 38.5 Å². The molecule has 0 spiro atoms. The summed E-state index contributed by atoms with van der Waals surface area (Å²) in [5.41, 5.74) is -0.390. The van der Waals surface area contributed by atoms with Crippen molar-refractivity contribution in [2.45, 2.75) is 77.9 Å². The number of carbonyl (C=O) groups excluding carboxylic acids is 2. The summed E-state index contributed by atoms with van der Waals surface area (Å²) in [7, 11) is 0. The normalized spacial score (nSPS) is 35.9. The van der Waals surface area contributed by atoms with E-state index in [9.17, 15) is 9.59 Å². The molecule has 1 aliphatic heterocycles. The van der Waals surface area contributed by atoms with E-state index in [0.29, 0.717) is 0 Å². The first kappa shape index (κ1) is 16.3. The number of hydrogen-bond acceptors (Lipinski definition) is 4. The zero-order valence-corrected chi connectivity index (χ0v) is 13.7. The van der Waals surface area contributed by atoms with Crippen LogP contribution < -0.4 is 0 Å². The molecule has 1 aliphatic carbocycles. The monoisotopic (exact) mass is 296 g/mol. The average molecular weight is 296 g/mol. The van der Waals surface area contributed by atoms with Gasteiger partial charge in [0.15, 0.2) is 5.92 Å². The fourth-order valence-electron chi connectivity index (χ4n) is 3.79. The molecule has 0 N–H and O–H groups in total. The SMILES string of the molecule is CCC1OC(=O)C(C(=O)OC2(C)CCCC2)C(C)CC1C. The maximum Gasteiger partial charge on any atom is 0.321 e. The first-order valence-corrected chi connectivity index (χ1v) is 8.29. The molecular formula is C17H28O4. The smallest absolute Gasteiger partial charge is 0.321 e. The van der Waals surface area contributed by atoms with Gasteiger partial charge in [-0.05, 0) is 57.3 Å². The molecule has 0 aromatic heterocycles. The van der Waals surface area contributed by atoms with Gasteiger partial charge < -0.3 is 9.47 Å². The summed E-state index contributed by atoms with van der Waals surface area (Å²) in [6.45, 7) is 8.03. The molecule has 0 bridgehead atoms. The number of hydrogen-bond donors (Lipinski definition) is 0. The van der Waals surface area contributed by atoms with Gasteiger partial charge in [0.1, 0.15) is 11.7 Å². The molecular weight excluding hydrogens is 268 g/mol. The molecule has 4 unspecified atom stereocenters. The summed E-state index contributed by atoms with van der Waals surface area (Å²) in [4.78, 5) is 24.8. The van der Waals surface area contributed by atoms with Crippen molar-refractivity contribution < 1.29 is 19.1 Å². The Morgan fingerprint density at radius 1 is 1.29 bits per heavy atom. The number of ether oxygens (including phenoxy) is 2. The summed E-state index contributed by atoms with van der Waals surface area (Å²) in [5, 5.41) is 0. The highest BCUT2D eigenvalue weighted by Crippen LogP contribution is 2.36. The van der Waals surface area contributed by atoms with E-state index >= 15 is 0 Å². The van der Waals surface area contributed by atoms with Crippen LogP contribution in [0.25, 0.3) is 0 Å². The minimum Gasteiger partial charge on any atom is -0.461 e. The fourth-order valence-corrected chi connectivity index (χ4v) is 3.79. The minimum absolute atomic E-state index is 0.0263. The molecule has 0 amide bonds. The standard InChI is InChI=1S/C17H28O4/c1-5-13-11(2)10-12(3)14(15(18)20-13)16(19)21-17(4)8-6-7-9-17/h11-14H,5-10H2,1-4H3. The van der Waals surface area contributed by atoms with E-state index in [-0.39, 0.29) is 29.5 Å². The number of carbonyl (C=O) groups is 2. The van der Waals surface area contributed by atoms with Crippen molar-refractivity contribution in [2.75, 3.05) is 0 Å². The van der Waals surface area contributed by atoms with Crippen molar-refractivity contribution in [3.63, 3.8) is 0 Å². The highest BCUT2D eigenvalue weighted by Gasteiger charge is 2.44. The zero-order valence-electron chi connectivity index (χ0n) is 13.7. The summed E-state index contributed by atoms with van der Waals surface area (Å²) in [5.74, 6) is -1.29. The highest BCUT2D eigenvalue weighted by atomic mass is 16.6. The van der Waals surface area contributed by atoms with Crippen molar-refractivity contribution in [2.24, 2.45) is 17.8 Å². The second-order valence-electron chi connectivity index (χ2n) is 7.13. The summed E-state index contributed by atoms with van der Waals surface area (Å²) < 4.78 is 11.2. The van der Waals surface area contributed by atoms with Crippen LogP contribution in [0, 0.1) is 17.8 Å². The van der Waals surface area contributed by atoms with Gasteiger partial charge in [-0.1, -0.05) is 20.8 Å². The minimum atomic E-state index is -0.763. The first-order chi connectivity index (χ1) is 9.86. The van der Waals surface area contributed by atoms with Crippen molar-refractivity contribution in [3.8, 4) is 0 Å². The van der Waals surface area contributed by atoms with Gasteiger partial charge in [-0.15, -0.1) is 0 Å². The quantitative estimate of drug-likeness (QED) is 0.591. The lowest BCUT2D eigenvalue weighted by molar-refractivity contribution is -0.174. The lowest BCUT2D eigenvalue weighted by Gasteiger charge is -2.27. The van der Waals surface area contributed by atoms with Gasteiger partial charge in [0.2, 0.25) is 0 Å². The Hall–Kier alpha value is -1.06. The van der Waals surface area contributed by atoms with Crippen molar-refractivity contribution >= 4 is 11.9 Å². The average Bonchev–Trinajstić information content (AvgIpc) is 2.77. The maximum atomic E-state index is 12.5. The molecule has 0 aromatic carbocycles. The summed E-state index contributed by atoms with van der Waals surface area (Å²) in [6.07, 6.45) is 5.48. The van der Waals surface area contributed by atoms with Crippen molar-refractivity contribution in [1.82, 2.24) is 0 Å². The summed E-state index contributed by atoms with van der Waals surface area (Å²) >= 11 is 0. The Labute approximate surface area is 127 Å². The van der Waals surface area contributed by atoms with Gasteiger partial charge in [0.25, 0.3) is 0 Å². The molecule has 120 valence electrons. The molecule has 1 saturated heterocycles. The van der Waals surface area contributed by atoms with Crippen LogP contribution in [-0.2, 0) is 19.1 Å². The Morgan fingerprint density at radius 2 is 1.90 bits per heavy atom. The van der Waals surface area contributed by atoms with E-state index < -0.39 is 11.9 Å². The van der Waals surface area contributed by atoms with Crippen LogP contribution in [0.1, 0.15) is 66.2 Å². The molecule has 2 aliphatic rings. The second kappa shape index (κ2) is 6.37. The number of esters is 2. The lowest BCUT2D eigenvalue weighted by atomic mass is 9.85. The van der Waals surface area contributed by atoms with E-state index in [1.54, 1.807) is 0 Å². The summed E-state index contributed by atoms with van der Waals surface area (Å²) in [6, 6.07) is 0. The highest BCUT2D eigenvalue weighted by molar-refractivity contribution is 5.95. The Balaban J connectivity index is 2.09. The van der Waals surface area contributed by atoms with Crippen LogP contribution in [0.2, 0.25) is 0 Å². The fraction of sp³-hybridized carbons (Fsp3) is 0.882. The molecule has 0 aromatic rings. The molecule has 2 rings (SSSR count). The maximum absolute atomic E-state index is 12.5. The van der Waals surface area contributed by atoms with Gasteiger partial charge in [-0.25, -0.2) is 0 Å². The predicted molar refractivity (Wildman–Crippen MR) is 79.6 cm³/mol. The van der Waals surface area contributed by atoms with E-state index in [4.69, 9.17) is 9.47 Å². The van der Waals surface area contributed by atoms with Crippen molar-refractivity contribution in [3.05, 3.63) is 0 Å². The topological polar surface area (TPSA) is 52.6 Å². The zero-order chi connectivity index (χ0) is 15.6. The molecule has 0 radical (unpaired) electrons. The molecule has 4 nitrogen and oxygen atoms in total. The largest absolute Gasteiger partial charge is 0.461 e. The van der Waals surface area contributed by atoms with Crippen LogP contribution >= 0.6 is 0 Å². The Kier molecular flexibility index (Phi) is 4.95. The van der Waals surface area contributed by atoms with E-state index in [2.05, 4.69) is 6.92 Å². The van der Waals surface area contributed by atoms with Crippen LogP contribution in [0.4, 0.5) is 0 Å². The molecule has 2 fully saturated rings. The first-order valence-electron chi connectivity index (χ1n) is 8.29. The van der Waals surface area contributed by atoms with E-state index in [1.165, 1.54) is 0 Å². The molecule has 4 atom stereocenters. The van der Waals surface area contributed by atoms with Crippen LogP contribution in [0.3, 0.4) is 0 Å².